The molecule has 7 heteroatoms. The fourth-order valence-corrected chi connectivity index (χ4v) is 0. The van der Waals surface area contributed by atoms with Gasteiger partial charge in [0, 0.05) is 0 Å². The van der Waals surface area contributed by atoms with E-state index in [0.717, 1.165) is 0 Å². The molecular formula is H9BBaBeO4. The van der Waals surface area contributed by atoms with Gasteiger partial charge in [0.1, 0.15) is 0 Å². The van der Waals surface area contributed by atoms with Crippen molar-refractivity contribution in [3.8, 4) is 0 Å². The van der Waals surface area contributed by atoms with Gasteiger partial charge in [-0.15, -0.1) is 0 Å². The normalized spacial score (nSPS) is 3.86. The second-order valence-corrected chi connectivity index (χ2v) is 0.346. The minimum atomic E-state index is -2.17. The Hall–Kier alpha value is 1.65. The van der Waals surface area contributed by atoms with Crippen molar-refractivity contribution in [3.63, 3.8) is 0 Å². The molecule has 0 spiro atoms. The molecule has 0 unspecified atom stereocenters. The Morgan fingerprint density at radius 2 is 1.00 bits per heavy atom. The van der Waals surface area contributed by atoms with Gasteiger partial charge in [0.15, 0.2) is 0 Å². The Labute approximate surface area is 85.7 Å². The van der Waals surface area contributed by atoms with Crippen molar-refractivity contribution in [2.24, 2.45) is 0 Å². The molecule has 0 aromatic carbocycles. The van der Waals surface area contributed by atoms with Crippen LogP contribution < -0.4 is 0 Å². The molecular weight excluding hydrogens is 221 g/mol. The molecule has 4 nitrogen and oxygen atoms in total. The van der Waals surface area contributed by atoms with Gasteiger partial charge in [-0.3, -0.25) is 0 Å². The Bertz CT molecular complexity index is 16.4. The van der Waals surface area contributed by atoms with Gasteiger partial charge in [0.2, 0.25) is 0 Å². The summed E-state index contributed by atoms with van der Waals surface area (Å²) in [6, 6.07) is 0. The van der Waals surface area contributed by atoms with Gasteiger partial charge in [-0.05, 0) is 0 Å². The molecule has 0 aliphatic heterocycles. The standard InChI is InChI=1S/BH3O3.Ba.Be.H2O.4H/c2-1(3)4;;;;;;;/h2-4H;;;1H2;;;;. The van der Waals surface area contributed by atoms with E-state index >= 15 is 0 Å². The molecule has 0 bridgehead atoms. The van der Waals surface area contributed by atoms with E-state index in [0.29, 0.717) is 0 Å². The Morgan fingerprint density at radius 1 is 1.00 bits per heavy atom. The summed E-state index contributed by atoms with van der Waals surface area (Å²) in [6.07, 6.45) is 0. The third-order valence-electron chi connectivity index (χ3n) is 0. The summed E-state index contributed by atoms with van der Waals surface area (Å²) >= 11 is 0. The van der Waals surface area contributed by atoms with Crippen LogP contribution in [0.3, 0.4) is 0 Å². The Balaban J connectivity index is -0.0000000150. The van der Waals surface area contributed by atoms with Crippen LogP contribution >= 0.6 is 0 Å². The average Bonchev–Trinajstić information content (AvgIpc) is 0.811. The molecule has 0 saturated heterocycles. The van der Waals surface area contributed by atoms with Crippen LogP contribution in [0.5, 0.6) is 0 Å². The van der Waals surface area contributed by atoms with Gasteiger partial charge in [0.05, 0.1) is 0 Å². The van der Waals surface area contributed by atoms with E-state index in [4.69, 9.17) is 15.1 Å². The molecule has 0 aliphatic rings. The third kappa shape index (κ3) is 90.0. The van der Waals surface area contributed by atoms with E-state index in [-0.39, 0.29) is 64.5 Å². The van der Waals surface area contributed by atoms with Gasteiger partial charge < -0.3 is 20.5 Å². The minimum absolute atomic E-state index is 0. The van der Waals surface area contributed by atoms with Gasteiger partial charge >= 0.3 is 66.3 Å². The molecule has 0 rings (SSSR count). The third-order valence-corrected chi connectivity index (χ3v) is 0. The molecule has 0 aromatic rings. The fourth-order valence-electron chi connectivity index (χ4n) is 0. The predicted molar refractivity (Wildman–Crippen MR) is 33.1 cm³/mol. The van der Waals surface area contributed by atoms with Crippen LogP contribution in [0.4, 0.5) is 0 Å². The second-order valence-electron chi connectivity index (χ2n) is 0.346. The zero-order chi connectivity index (χ0) is 3.58. The topological polar surface area (TPSA) is 92.2 Å². The molecule has 0 aromatic heterocycles. The van der Waals surface area contributed by atoms with Crippen molar-refractivity contribution in [3.05, 3.63) is 0 Å². The molecule has 0 atom stereocenters. The first-order valence-corrected chi connectivity index (χ1v) is 0.775. The zero-order valence-corrected chi connectivity index (χ0v) is 2.42. The van der Waals surface area contributed by atoms with Crippen LogP contribution in [-0.2, 0) is 0 Å². The van der Waals surface area contributed by atoms with Crippen molar-refractivity contribution in [1.82, 2.24) is 0 Å². The molecule has 7 heavy (non-hydrogen) atoms. The quantitative estimate of drug-likeness (QED) is 0.365. The summed E-state index contributed by atoms with van der Waals surface area (Å²) in [5.74, 6) is 0. The molecule has 0 heterocycles. The van der Waals surface area contributed by atoms with Crippen LogP contribution in [0.15, 0.2) is 0 Å². The average molecular weight is 230 g/mol. The monoisotopic (exact) mass is 231 g/mol. The van der Waals surface area contributed by atoms with E-state index in [1.807, 2.05) is 0 Å². The SMILES string of the molecule is O.OB(O)O.[BaH2].[BeH2]. The number of hydrogen-bond acceptors (Lipinski definition) is 3. The van der Waals surface area contributed by atoms with Crippen molar-refractivity contribution in [2.75, 3.05) is 0 Å². The van der Waals surface area contributed by atoms with Gasteiger partial charge in [-0.2, -0.15) is 0 Å². The van der Waals surface area contributed by atoms with Crippen LogP contribution in [0, 0.1) is 0 Å². The summed E-state index contributed by atoms with van der Waals surface area (Å²) in [4.78, 5) is 0. The van der Waals surface area contributed by atoms with E-state index in [1.165, 1.54) is 0 Å². The van der Waals surface area contributed by atoms with E-state index in [1.54, 1.807) is 0 Å². The van der Waals surface area contributed by atoms with Crippen LogP contribution in [0.2, 0.25) is 0 Å². The summed E-state index contributed by atoms with van der Waals surface area (Å²) < 4.78 is 0. The first kappa shape index (κ1) is 23.4. The summed E-state index contributed by atoms with van der Waals surface area (Å²) in [6.45, 7) is 0. The van der Waals surface area contributed by atoms with Crippen molar-refractivity contribution < 1.29 is 20.5 Å². The van der Waals surface area contributed by atoms with Crippen LogP contribution in [-0.4, -0.2) is 86.9 Å². The zero-order valence-electron chi connectivity index (χ0n) is 2.42. The van der Waals surface area contributed by atoms with Crippen molar-refractivity contribution >= 4 is 66.3 Å². The molecule has 40 valence electrons. The molecule has 0 amide bonds. The molecule has 0 saturated carbocycles. The molecule has 0 fully saturated rings. The Morgan fingerprint density at radius 3 is 1.00 bits per heavy atom. The van der Waals surface area contributed by atoms with Crippen molar-refractivity contribution in [2.45, 2.75) is 0 Å². The van der Waals surface area contributed by atoms with E-state index in [2.05, 4.69) is 0 Å². The summed E-state index contributed by atoms with van der Waals surface area (Å²) in [5, 5.41) is 21.5. The van der Waals surface area contributed by atoms with Crippen LogP contribution in [0.25, 0.3) is 0 Å². The van der Waals surface area contributed by atoms with Gasteiger partial charge in [-0.25, -0.2) is 0 Å². The first-order chi connectivity index (χ1) is 1.73. The maximum atomic E-state index is 7.17. The molecule has 0 radical (unpaired) electrons. The molecule has 0 aliphatic carbocycles. The van der Waals surface area contributed by atoms with Crippen molar-refractivity contribution in [1.29, 1.82) is 0 Å². The van der Waals surface area contributed by atoms with E-state index in [9.17, 15) is 0 Å². The first-order valence-electron chi connectivity index (χ1n) is 0.775. The van der Waals surface area contributed by atoms with Crippen LogP contribution in [0.1, 0.15) is 0 Å². The fraction of sp³-hybridized carbons (Fsp3) is 0. The van der Waals surface area contributed by atoms with Gasteiger partial charge in [0.25, 0.3) is 0 Å². The Kier molecular flexibility index (Phi) is 52.3. The molecule has 5 N–H and O–H groups in total. The summed E-state index contributed by atoms with van der Waals surface area (Å²) in [7, 11) is -2.17. The number of rotatable bonds is 0. The second kappa shape index (κ2) is 15.6. The van der Waals surface area contributed by atoms with E-state index < -0.39 is 7.32 Å². The summed E-state index contributed by atoms with van der Waals surface area (Å²) in [5.41, 5.74) is 0. The maximum absolute atomic E-state index is 7.17. The number of hydrogen-bond donors (Lipinski definition) is 3. The van der Waals surface area contributed by atoms with Gasteiger partial charge in [-0.1, -0.05) is 0 Å². The predicted octanol–water partition coefficient (Wildman–Crippen LogP) is -4.71.